The molecule has 1 heterocycles. The van der Waals surface area contributed by atoms with Crippen LogP contribution in [0.3, 0.4) is 0 Å². The van der Waals surface area contributed by atoms with Gasteiger partial charge in [0.15, 0.2) is 0 Å². The molecule has 124 valence electrons. The van der Waals surface area contributed by atoms with E-state index in [9.17, 15) is 0 Å². The van der Waals surface area contributed by atoms with Crippen LogP contribution in [-0.4, -0.2) is 12.8 Å². The molecule has 4 rings (SSSR count). The number of anilines is 1. The lowest BCUT2D eigenvalue weighted by Gasteiger charge is -2.19. The quantitative estimate of drug-likeness (QED) is 0.701. The predicted molar refractivity (Wildman–Crippen MR) is 103 cm³/mol. The van der Waals surface area contributed by atoms with Crippen LogP contribution < -0.4 is 10.1 Å². The highest BCUT2D eigenvalue weighted by molar-refractivity contribution is 6.04. The van der Waals surface area contributed by atoms with Gasteiger partial charge in [-0.2, -0.15) is 0 Å². The molecule has 3 nitrogen and oxygen atoms in total. The van der Waals surface area contributed by atoms with Crippen molar-refractivity contribution >= 4 is 17.1 Å². The van der Waals surface area contributed by atoms with Gasteiger partial charge in [-0.25, -0.2) is 0 Å². The normalized spacial score (nSPS) is 16.2. The van der Waals surface area contributed by atoms with E-state index in [1.54, 1.807) is 7.11 Å². The van der Waals surface area contributed by atoms with Crippen molar-refractivity contribution < 1.29 is 4.74 Å². The number of hydrogen-bond acceptors (Lipinski definition) is 3. The summed E-state index contributed by atoms with van der Waals surface area (Å²) in [6, 6.07) is 27.1. The summed E-state index contributed by atoms with van der Waals surface area (Å²) in [4.78, 5) is 4.95. The molecule has 1 atom stereocenters. The van der Waals surface area contributed by atoms with Crippen LogP contribution in [0.25, 0.3) is 0 Å². The lowest BCUT2D eigenvalue weighted by molar-refractivity contribution is 0.415. The third kappa shape index (κ3) is 3.26. The molecule has 0 aromatic heterocycles. The molecule has 1 aliphatic heterocycles. The fourth-order valence-electron chi connectivity index (χ4n) is 3.17. The monoisotopic (exact) mass is 328 g/mol. The van der Waals surface area contributed by atoms with Crippen molar-refractivity contribution in [1.29, 1.82) is 0 Å². The van der Waals surface area contributed by atoms with Gasteiger partial charge >= 0.3 is 0 Å². The van der Waals surface area contributed by atoms with E-state index in [2.05, 4.69) is 53.8 Å². The van der Waals surface area contributed by atoms with Crippen molar-refractivity contribution in [2.45, 2.75) is 12.5 Å². The van der Waals surface area contributed by atoms with Gasteiger partial charge in [0.2, 0.25) is 0 Å². The van der Waals surface area contributed by atoms with E-state index in [1.165, 1.54) is 5.56 Å². The van der Waals surface area contributed by atoms with Crippen LogP contribution in [0.4, 0.5) is 11.4 Å². The third-order valence-electron chi connectivity index (χ3n) is 4.51. The van der Waals surface area contributed by atoms with Gasteiger partial charge in [-0.05, 0) is 47.5 Å². The van der Waals surface area contributed by atoms with E-state index < -0.39 is 0 Å². The van der Waals surface area contributed by atoms with E-state index in [1.807, 2.05) is 30.3 Å². The molecule has 0 bridgehead atoms. The molecular formula is C22H20N2O. The summed E-state index contributed by atoms with van der Waals surface area (Å²) in [6.45, 7) is 0. The number of hydrogen-bond donors (Lipinski definition) is 1. The molecular weight excluding hydrogens is 308 g/mol. The van der Waals surface area contributed by atoms with Crippen LogP contribution in [0.1, 0.15) is 23.6 Å². The topological polar surface area (TPSA) is 33.6 Å². The average molecular weight is 328 g/mol. The van der Waals surface area contributed by atoms with Crippen LogP contribution in [0.5, 0.6) is 5.75 Å². The van der Waals surface area contributed by atoms with E-state index in [0.29, 0.717) is 0 Å². The highest BCUT2D eigenvalue weighted by Crippen LogP contribution is 2.35. The summed E-state index contributed by atoms with van der Waals surface area (Å²) >= 11 is 0. The van der Waals surface area contributed by atoms with E-state index in [0.717, 1.165) is 34.8 Å². The summed E-state index contributed by atoms with van der Waals surface area (Å²) < 4.78 is 5.28. The molecule has 0 spiro atoms. The molecule has 0 saturated heterocycles. The predicted octanol–water partition coefficient (Wildman–Crippen LogP) is 5.37. The molecule has 1 aliphatic rings. The minimum atomic E-state index is 0.186. The zero-order valence-electron chi connectivity index (χ0n) is 14.1. The molecule has 3 aromatic carbocycles. The second kappa shape index (κ2) is 6.81. The van der Waals surface area contributed by atoms with Crippen LogP contribution in [0.2, 0.25) is 0 Å². The number of rotatable bonds is 3. The molecule has 0 radical (unpaired) electrons. The van der Waals surface area contributed by atoms with E-state index in [-0.39, 0.29) is 6.04 Å². The van der Waals surface area contributed by atoms with Gasteiger partial charge in [0.1, 0.15) is 5.75 Å². The molecule has 3 heteroatoms. The average Bonchev–Trinajstić information content (AvgIpc) is 2.88. The number of ether oxygens (including phenoxy) is 1. The largest absolute Gasteiger partial charge is 0.497 e. The maximum absolute atomic E-state index is 5.28. The van der Waals surface area contributed by atoms with Crippen LogP contribution >= 0.6 is 0 Å². The SMILES string of the molecule is COc1ccc(C2=Nc3ccccc3NC(c3ccccc3)C2)cc1. The zero-order valence-corrected chi connectivity index (χ0v) is 14.1. The van der Waals surface area contributed by atoms with Gasteiger partial charge in [0, 0.05) is 6.42 Å². The minimum Gasteiger partial charge on any atom is -0.497 e. The number of methoxy groups -OCH3 is 1. The van der Waals surface area contributed by atoms with Gasteiger partial charge < -0.3 is 10.1 Å². The van der Waals surface area contributed by atoms with Crippen molar-refractivity contribution in [3.8, 4) is 5.75 Å². The van der Waals surface area contributed by atoms with Crippen molar-refractivity contribution in [2.75, 3.05) is 12.4 Å². The van der Waals surface area contributed by atoms with Crippen LogP contribution in [0, 0.1) is 0 Å². The van der Waals surface area contributed by atoms with E-state index in [4.69, 9.17) is 9.73 Å². The standard InChI is InChI=1S/C22H20N2O/c1-25-18-13-11-17(12-14-18)22-15-21(16-7-3-2-4-8-16)23-19-9-5-6-10-20(19)24-22/h2-14,21,23H,15H2,1H3. The molecule has 25 heavy (non-hydrogen) atoms. The smallest absolute Gasteiger partial charge is 0.118 e. The maximum Gasteiger partial charge on any atom is 0.118 e. The number of nitrogens with one attached hydrogen (secondary N) is 1. The molecule has 1 N–H and O–H groups in total. The highest BCUT2D eigenvalue weighted by atomic mass is 16.5. The molecule has 0 saturated carbocycles. The van der Waals surface area contributed by atoms with Gasteiger partial charge in [0.25, 0.3) is 0 Å². The highest BCUT2D eigenvalue weighted by Gasteiger charge is 2.20. The number of nitrogens with zero attached hydrogens (tertiary/aromatic N) is 1. The fraction of sp³-hybridized carbons (Fsp3) is 0.136. The zero-order chi connectivity index (χ0) is 17.1. The Balaban J connectivity index is 1.77. The van der Waals surface area contributed by atoms with Crippen LogP contribution in [0.15, 0.2) is 83.9 Å². The first-order valence-corrected chi connectivity index (χ1v) is 8.46. The first-order chi connectivity index (χ1) is 12.3. The Bertz CT molecular complexity index is 885. The Kier molecular flexibility index (Phi) is 4.21. The van der Waals surface area contributed by atoms with E-state index >= 15 is 0 Å². The lowest BCUT2D eigenvalue weighted by Crippen LogP contribution is -2.14. The minimum absolute atomic E-state index is 0.186. The fourth-order valence-corrected chi connectivity index (χ4v) is 3.17. The van der Waals surface area contributed by atoms with Crippen molar-refractivity contribution in [3.05, 3.63) is 90.0 Å². The second-order valence-corrected chi connectivity index (χ2v) is 6.12. The first-order valence-electron chi connectivity index (χ1n) is 8.46. The molecule has 0 aliphatic carbocycles. The van der Waals surface area contributed by atoms with Crippen LogP contribution in [-0.2, 0) is 0 Å². The summed E-state index contributed by atoms with van der Waals surface area (Å²) in [5.41, 5.74) is 5.52. The van der Waals surface area contributed by atoms with Gasteiger partial charge in [-0.15, -0.1) is 0 Å². The second-order valence-electron chi connectivity index (χ2n) is 6.12. The Morgan fingerprint density at radius 3 is 2.36 bits per heavy atom. The molecule has 3 aromatic rings. The van der Waals surface area contributed by atoms with Gasteiger partial charge in [-0.3, -0.25) is 4.99 Å². The first kappa shape index (κ1) is 15.5. The maximum atomic E-state index is 5.28. The number of benzene rings is 3. The third-order valence-corrected chi connectivity index (χ3v) is 4.51. The number of para-hydroxylation sites is 2. The van der Waals surface area contributed by atoms with Crippen molar-refractivity contribution in [1.82, 2.24) is 0 Å². The molecule has 0 amide bonds. The molecule has 0 fully saturated rings. The summed E-state index contributed by atoms with van der Waals surface area (Å²) in [5.74, 6) is 0.858. The van der Waals surface area contributed by atoms with Gasteiger partial charge in [0.05, 0.1) is 30.2 Å². The summed E-state index contributed by atoms with van der Waals surface area (Å²) in [6.07, 6.45) is 0.824. The Labute approximate surface area is 148 Å². The lowest BCUT2D eigenvalue weighted by atomic mass is 9.97. The van der Waals surface area contributed by atoms with Crippen molar-refractivity contribution in [2.24, 2.45) is 4.99 Å². The number of aliphatic imine (C=N–C) groups is 1. The Morgan fingerprint density at radius 1 is 0.880 bits per heavy atom. The summed E-state index contributed by atoms with van der Waals surface area (Å²) in [7, 11) is 1.68. The van der Waals surface area contributed by atoms with Crippen molar-refractivity contribution in [3.63, 3.8) is 0 Å². The summed E-state index contributed by atoms with van der Waals surface area (Å²) in [5, 5.41) is 3.66. The Hall–Kier alpha value is -3.07. The number of fused-ring (bicyclic) bond motifs is 1. The molecule has 1 unspecified atom stereocenters. The van der Waals surface area contributed by atoms with Gasteiger partial charge in [-0.1, -0.05) is 42.5 Å². The Morgan fingerprint density at radius 2 is 1.60 bits per heavy atom.